The number of hydrogen-bond acceptors (Lipinski definition) is 16. The van der Waals surface area contributed by atoms with Crippen molar-refractivity contribution in [1.29, 1.82) is 0 Å². The lowest BCUT2D eigenvalue weighted by Gasteiger charge is -1.89. The van der Waals surface area contributed by atoms with E-state index in [0.717, 1.165) is 17.4 Å². The van der Waals surface area contributed by atoms with Crippen LogP contribution in [0, 0.1) is 41.5 Å². The van der Waals surface area contributed by atoms with E-state index < -0.39 is 0 Å². The number of rotatable bonds is 0. The first kappa shape index (κ1) is 30.8. The first-order valence-corrected chi connectivity index (χ1v) is 10.7. The molecule has 38 heavy (non-hydrogen) atoms. The van der Waals surface area contributed by atoms with Gasteiger partial charge in [0.15, 0.2) is 11.6 Å². The van der Waals surface area contributed by atoms with Gasteiger partial charge >= 0.3 is 0 Å². The van der Waals surface area contributed by atoms with Gasteiger partial charge in [-0.3, -0.25) is 5.10 Å². The van der Waals surface area contributed by atoms with E-state index in [-0.39, 0.29) is 0 Å². The fourth-order valence-corrected chi connectivity index (χ4v) is 1.76. The second kappa shape index (κ2) is 18.1. The molecule has 0 aromatic carbocycles. The second-order valence-electron chi connectivity index (χ2n) is 6.79. The Morgan fingerprint density at radius 2 is 1.66 bits per heavy atom. The van der Waals surface area contributed by atoms with Gasteiger partial charge in [-0.25, -0.2) is 10.5 Å². The zero-order valence-electron chi connectivity index (χ0n) is 22.1. The van der Waals surface area contributed by atoms with Gasteiger partial charge in [0.1, 0.15) is 23.7 Å². The average Bonchev–Trinajstić information content (AvgIpc) is 3.69. The highest BCUT2D eigenvalue weighted by molar-refractivity contribution is 5.80. The summed E-state index contributed by atoms with van der Waals surface area (Å²) in [7, 11) is 0. The smallest absolute Gasteiger partial charge is 0.240 e. The summed E-state index contributed by atoms with van der Waals surface area (Å²) < 4.78 is 18.2. The van der Waals surface area contributed by atoms with Crippen LogP contribution in [0.4, 0.5) is 0 Å². The lowest BCUT2D eigenvalue weighted by Crippen LogP contribution is -2.11. The minimum atomic E-state index is 0.428. The first-order chi connectivity index (χ1) is 18.2. The van der Waals surface area contributed by atoms with Crippen LogP contribution in [-0.4, -0.2) is 56.7 Å². The SMILES string of the molecule is C=C1N=C(C)NO1.Cc1ccno1.Cc1ncn[nH]1.Cc1ncon1.Cc1nnco1.Cc1noc(C)n1. The Morgan fingerprint density at radius 1 is 0.868 bits per heavy atom. The molecular formula is C21H30N12O5. The molecule has 204 valence electrons. The first-order valence-electron chi connectivity index (χ1n) is 10.7. The third-order valence-corrected chi connectivity index (χ3v) is 3.28. The van der Waals surface area contributed by atoms with E-state index in [1.807, 2.05) is 13.8 Å². The molecule has 1 aliphatic rings. The zero-order valence-corrected chi connectivity index (χ0v) is 22.1. The molecule has 1 aliphatic heterocycles. The van der Waals surface area contributed by atoms with Crippen molar-refractivity contribution in [2.45, 2.75) is 48.5 Å². The van der Waals surface area contributed by atoms with Crippen LogP contribution in [0.25, 0.3) is 0 Å². The number of nitrogens with one attached hydrogen (secondary N) is 2. The Kier molecular flexibility index (Phi) is 14.7. The average molecular weight is 531 g/mol. The number of aromatic amines is 1. The predicted octanol–water partition coefficient (Wildman–Crippen LogP) is 2.95. The van der Waals surface area contributed by atoms with Gasteiger partial charge in [0.05, 0.1) is 6.20 Å². The van der Waals surface area contributed by atoms with Crippen molar-refractivity contribution in [3.8, 4) is 0 Å². The minimum Gasteiger partial charge on any atom is -0.428 e. The van der Waals surface area contributed by atoms with Gasteiger partial charge in [0.2, 0.25) is 30.5 Å². The van der Waals surface area contributed by atoms with Crippen molar-refractivity contribution in [2.24, 2.45) is 4.99 Å². The summed E-state index contributed by atoms with van der Waals surface area (Å²) in [6, 6.07) is 1.81. The molecule has 0 radical (unpaired) electrons. The third-order valence-electron chi connectivity index (χ3n) is 3.28. The van der Waals surface area contributed by atoms with Crippen molar-refractivity contribution in [2.75, 3.05) is 0 Å². The van der Waals surface area contributed by atoms with E-state index in [9.17, 15) is 0 Å². The van der Waals surface area contributed by atoms with E-state index in [4.69, 9.17) is 0 Å². The maximum atomic E-state index is 4.62. The summed E-state index contributed by atoms with van der Waals surface area (Å²) in [4.78, 5) is 19.6. The van der Waals surface area contributed by atoms with Crippen LogP contribution in [0.1, 0.15) is 41.9 Å². The Hall–Kier alpha value is -5.22. The molecule has 5 aromatic rings. The van der Waals surface area contributed by atoms with Crippen molar-refractivity contribution in [3.05, 3.63) is 78.9 Å². The van der Waals surface area contributed by atoms with Gasteiger partial charge in [0.25, 0.3) is 0 Å². The molecule has 17 nitrogen and oxygen atoms in total. The molecular weight excluding hydrogens is 500 g/mol. The fraction of sp³-hybridized carbons (Fsp3) is 0.333. The molecule has 0 saturated carbocycles. The molecule has 6 rings (SSSR count). The molecule has 0 unspecified atom stereocenters. The number of hydroxylamine groups is 1. The summed E-state index contributed by atoms with van der Waals surface area (Å²) in [5.74, 6) is 5.49. The van der Waals surface area contributed by atoms with Gasteiger partial charge in [-0.2, -0.15) is 20.1 Å². The Balaban J connectivity index is 0.000000228. The lowest BCUT2D eigenvalue weighted by molar-refractivity contribution is 0.178. The molecule has 0 amide bonds. The monoisotopic (exact) mass is 530 g/mol. The molecule has 0 bridgehead atoms. The highest BCUT2D eigenvalue weighted by Crippen LogP contribution is 1.98. The van der Waals surface area contributed by atoms with E-state index in [2.05, 4.69) is 90.7 Å². The number of aromatic nitrogens is 10. The molecule has 0 aliphatic carbocycles. The molecule has 0 atom stereocenters. The van der Waals surface area contributed by atoms with Crippen molar-refractivity contribution < 1.29 is 22.8 Å². The van der Waals surface area contributed by atoms with Crippen LogP contribution in [0.2, 0.25) is 0 Å². The Labute approximate surface area is 217 Å². The fourth-order valence-electron chi connectivity index (χ4n) is 1.76. The van der Waals surface area contributed by atoms with Gasteiger partial charge in [-0.1, -0.05) is 15.5 Å². The molecule has 5 aromatic heterocycles. The van der Waals surface area contributed by atoms with E-state index in [1.165, 1.54) is 19.1 Å². The standard InChI is InChI=1S/2C4H6N2O.C4H5NO.C3H5N3.2C3H4N2O/c2*1-3-5-4(2)7-6-3;1-4-2-3-5-6-4;1-3-4-2-5-6-3;1-3-5-4-2-6-3;1-3-4-2-6-5-3/h1-2H3;2H2,1H3,(H,5,6);2-3H,1H3;2H,1H3,(H,4,5,6);2*2H,1H3. The van der Waals surface area contributed by atoms with Gasteiger partial charge in [-0.15, -0.1) is 10.2 Å². The largest absolute Gasteiger partial charge is 0.428 e. The summed E-state index contributed by atoms with van der Waals surface area (Å²) in [5.41, 5.74) is 2.52. The normalized spacial score (nSPS) is 10.6. The predicted molar refractivity (Wildman–Crippen MR) is 131 cm³/mol. The minimum absolute atomic E-state index is 0.428. The molecule has 0 fully saturated rings. The number of amidine groups is 1. The number of H-pyrrole nitrogens is 1. The highest BCUT2D eigenvalue weighted by atomic mass is 16.7. The molecule has 2 N–H and O–H groups in total. The number of aliphatic imine (C=N–C) groups is 1. The molecule has 0 spiro atoms. The van der Waals surface area contributed by atoms with Crippen LogP contribution in [0.15, 0.2) is 66.8 Å². The maximum absolute atomic E-state index is 4.62. The zero-order chi connectivity index (χ0) is 28.2. The molecule has 17 heteroatoms. The summed E-state index contributed by atoms with van der Waals surface area (Å²) in [6.07, 6.45) is 5.70. The molecule has 6 heterocycles. The topological polar surface area (TPSA) is 218 Å². The highest BCUT2D eigenvalue weighted by Gasteiger charge is 2.01. The van der Waals surface area contributed by atoms with Gasteiger partial charge < -0.3 is 22.8 Å². The van der Waals surface area contributed by atoms with E-state index >= 15 is 0 Å². The van der Waals surface area contributed by atoms with Gasteiger partial charge in [-0.05, 0) is 41.2 Å². The van der Waals surface area contributed by atoms with Crippen molar-refractivity contribution in [1.82, 2.24) is 56.3 Å². The van der Waals surface area contributed by atoms with Crippen molar-refractivity contribution >= 4 is 5.84 Å². The van der Waals surface area contributed by atoms with Crippen molar-refractivity contribution in [3.63, 3.8) is 0 Å². The third kappa shape index (κ3) is 16.4. The van der Waals surface area contributed by atoms with Crippen LogP contribution >= 0.6 is 0 Å². The summed E-state index contributed by atoms with van der Waals surface area (Å²) >= 11 is 0. The summed E-state index contributed by atoms with van der Waals surface area (Å²) in [6.45, 7) is 16.0. The molecule has 0 saturated heterocycles. The lowest BCUT2D eigenvalue weighted by atomic mass is 10.5. The van der Waals surface area contributed by atoms with E-state index in [0.29, 0.717) is 29.3 Å². The number of aryl methyl sites for hydroxylation is 6. The van der Waals surface area contributed by atoms with Crippen LogP contribution in [-0.2, 0) is 4.84 Å². The Morgan fingerprint density at radius 3 is 1.82 bits per heavy atom. The van der Waals surface area contributed by atoms with Crippen LogP contribution in [0.5, 0.6) is 0 Å². The van der Waals surface area contributed by atoms with E-state index in [1.54, 1.807) is 46.9 Å². The maximum Gasteiger partial charge on any atom is 0.240 e. The van der Waals surface area contributed by atoms with Crippen LogP contribution in [0.3, 0.4) is 0 Å². The van der Waals surface area contributed by atoms with Crippen LogP contribution < -0.4 is 5.48 Å². The Bertz CT molecular complexity index is 1100. The second-order valence-corrected chi connectivity index (χ2v) is 6.79. The number of hydrogen-bond donors (Lipinski definition) is 2. The van der Waals surface area contributed by atoms with Gasteiger partial charge in [0, 0.05) is 19.9 Å². The number of nitrogens with zero attached hydrogens (tertiary/aromatic N) is 10. The quantitative estimate of drug-likeness (QED) is 0.294. The summed E-state index contributed by atoms with van der Waals surface area (Å²) in [5, 5.41) is 23.5.